The van der Waals surface area contributed by atoms with Crippen LogP contribution in [-0.2, 0) is 6.54 Å². The Balaban J connectivity index is 1.59. The molecule has 156 valence electrons. The molecule has 1 N–H and O–H groups in total. The lowest BCUT2D eigenvalue weighted by Crippen LogP contribution is -2.49. The molecule has 8 heteroatoms. The number of anilines is 1. The van der Waals surface area contributed by atoms with E-state index in [1.807, 2.05) is 26.0 Å². The van der Waals surface area contributed by atoms with Gasteiger partial charge in [-0.1, -0.05) is 11.6 Å². The third-order valence-corrected chi connectivity index (χ3v) is 5.50. The number of hydrogen-bond acceptors (Lipinski definition) is 4. The lowest BCUT2D eigenvalue weighted by molar-refractivity contribution is 0.0755. The van der Waals surface area contributed by atoms with E-state index in [0.717, 1.165) is 25.4 Å². The molecule has 0 radical (unpaired) electrons. The molecule has 1 aromatic carbocycles. The van der Waals surface area contributed by atoms with Crippen molar-refractivity contribution in [3.05, 3.63) is 52.9 Å². The van der Waals surface area contributed by atoms with Crippen LogP contribution in [0.25, 0.3) is 0 Å². The maximum absolute atomic E-state index is 12.7. The number of carbonyl (C=O) groups excluding carboxylic acids is 2. The van der Waals surface area contributed by atoms with Crippen LogP contribution in [0.15, 0.2) is 41.0 Å². The molecule has 0 bridgehead atoms. The van der Waals surface area contributed by atoms with Gasteiger partial charge in [0.25, 0.3) is 5.91 Å². The second-order valence-electron chi connectivity index (χ2n) is 7.48. The fourth-order valence-electron chi connectivity index (χ4n) is 3.12. The molecular weight excluding hydrogens is 392 g/mol. The molecule has 0 unspecified atom stereocenters. The van der Waals surface area contributed by atoms with Crippen LogP contribution in [0.4, 0.5) is 10.5 Å². The third-order valence-electron chi connectivity index (χ3n) is 5.17. The van der Waals surface area contributed by atoms with Gasteiger partial charge >= 0.3 is 6.03 Å². The van der Waals surface area contributed by atoms with Gasteiger partial charge in [-0.05, 0) is 44.2 Å². The molecule has 0 aliphatic carbocycles. The first-order valence-corrected chi connectivity index (χ1v) is 10.1. The summed E-state index contributed by atoms with van der Waals surface area (Å²) >= 11 is 6.25. The Morgan fingerprint density at radius 3 is 2.55 bits per heavy atom. The number of benzene rings is 1. The van der Waals surface area contributed by atoms with Crippen molar-refractivity contribution in [1.82, 2.24) is 14.7 Å². The molecule has 0 saturated carbocycles. The van der Waals surface area contributed by atoms with E-state index in [9.17, 15) is 9.59 Å². The number of amides is 3. The van der Waals surface area contributed by atoms with Gasteiger partial charge in [0.05, 0.1) is 23.5 Å². The molecule has 1 saturated heterocycles. The van der Waals surface area contributed by atoms with E-state index in [-0.39, 0.29) is 18.0 Å². The zero-order chi connectivity index (χ0) is 21.0. The van der Waals surface area contributed by atoms with Gasteiger partial charge in [0.15, 0.2) is 0 Å². The van der Waals surface area contributed by atoms with Crippen LogP contribution in [0.2, 0.25) is 5.02 Å². The fourth-order valence-corrected chi connectivity index (χ4v) is 3.28. The highest BCUT2D eigenvalue weighted by Gasteiger charge is 2.23. The summed E-state index contributed by atoms with van der Waals surface area (Å²) < 4.78 is 5.38. The Morgan fingerprint density at radius 2 is 1.93 bits per heavy atom. The van der Waals surface area contributed by atoms with E-state index >= 15 is 0 Å². The number of nitrogens with one attached hydrogen (secondary N) is 1. The van der Waals surface area contributed by atoms with Crippen LogP contribution in [0.3, 0.4) is 0 Å². The molecule has 0 spiro atoms. The lowest BCUT2D eigenvalue weighted by atomic mass is 10.1. The zero-order valence-electron chi connectivity index (χ0n) is 17.0. The molecule has 7 nitrogen and oxygen atoms in total. The number of piperazine rings is 1. The summed E-state index contributed by atoms with van der Waals surface area (Å²) in [6.07, 6.45) is 1.67. The van der Waals surface area contributed by atoms with Crippen molar-refractivity contribution < 1.29 is 14.0 Å². The molecular formula is C21H27ClN4O3. The number of hydrogen-bond donors (Lipinski definition) is 1. The summed E-state index contributed by atoms with van der Waals surface area (Å²) in [7, 11) is 1.75. The maximum atomic E-state index is 12.7. The molecule has 0 atom stereocenters. The van der Waals surface area contributed by atoms with Gasteiger partial charge < -0.3 is 19.5 Å². The van der Waals surface area contributed by atoms with Crippen LogP contribution < -0.4 is 5.32 Å². The molecule has 2 heterocycles. The van der Waals surface area contributed by atoms with Crippen molar-refractivity contribution in [2.24, 2.45) is 0 Å². The topological polar surface area (TPSA) is 69.0 Å². The first-order valence-electron chi connectivity index (χ1n) is 9.72. The minimum Gasteiger partial charge on any atom is -0.468 e. The molecule has 1 aliphatic rings. The highest BCUT2D eigenvalue weighted by Crippen LogP contribution is 2.24. The number of nitrogens with zero attached hydrogens (tertiary/aromatic N) is 3. The Bertz CT molecular complexity index is 846. The van der Waals surface area contributed by atoms with E-state index in [1.165, 1.54) is 0 Å². The highest BCUT2D eigenvalue weighted by atomic mass is 35.5. The van der Waals surface area contributed by atoms with Crippen molar-refractivity contribution in [3.8, 4) is 0 Å². The summed E-state index contributed by atoms with van der Waals surface area (Å²) in [6, 6.07) is 8.63. The molecule has 2 aromatic rings. The van der Waals surface area contributed by atoms with Crippen molar-refractivity contribution >= 4 is 29.2 Å². The van der Waals surface area contributed by atoms with Gasteiger partial charge in [-0.25, -0.2) is 4.79 Å². The van der Waals surface area contributed by atoms with Crippen LogP contribution in [-0.4, -0.2) is 65.9 Å². The van der Waals surface area contributed by atoms with E-state index in [4.69, 9.17) is 16.0 Å². The highest BCUT2D eigenvalue weighted by molar-refractivity contribution is 6.33. The average molecular weight is 419 g/mol. The average Bonchev–Trinajstić information content (AvgIpc) is 3.22. The van der Waals surface area contributed by atoms with Gasteiger partial charge in [-0.2, -0.15) is 0 Å². The quantitative estimate of drug-likeness (QED) is 0.802. The summed E-state index contributed by atoms with van der Waals surface area (Å²) in [4.78, 5) is 30.9. The number of urea groups is 1. The van der Waals surface area contributed by atoms with Crippen LogP contribution in [0, 0.1) is 0 Å². The standard InChI is InChI=1S/C21H27ClN4O3/c1-15(2)24(3)20(27)16-6-7-18(22)19(13-16)23-21(28)26-10-8-25(9-11-26)14-17-5-4-12-29-17/h4-7,12-13,15H,8-11,14H2,1-3H3,(H,23,28). The number of rotatable bonds is 5. The first kappa shape index (κ1) is 21.2. The second kappa shape index (κ2) is 9.33. The van der Waals surface area contributed by atoms with Gasteiger partial charge in [-0.3, -0.25) is 9.69 Å². The van der Waals surface area contributed by atoms with Crippen molar-refractivity contribution in [1.29, 1.82) is 0 Å². The Hall–Kier alpha value is -2.51. The minimum absolute atomic E-state index is 0.0775. The monoisotopic (exact) mass is 418 g/mol. The third kappa shape index (κ3) is 5.31. The normalized spacial score (nSPS) is 14.9. The summed E-state index contributed by atoms with van der Waals surface area (Å²) in [5, 5.41) is 3.25. The van der Waals surface area contributed by atoms with E-state index in [1.54, 1.807) is 41.3 Å². The van der Waals surface area contributed by atoms with Crippen molar-refractivity contribution in [2.75, 3.05) is 38.5 Å². The first-order chi connectivity index (χ1) is 13.8. The van der Waals surface area contributed by atoms with Crippen LogP contribution >= 0.6 is 11.6 Å². The summed E-state index contributed by atoms with van der Waals surface area (Å²) in [6.45, 7) is 7.38. The Kier molecular flexibility index (Phi) is 6.82. The molecule has 1 aliphatic heterocycles. The minimum atomic E-state index is -0.216. The van der Waals surface area contributed by atoms with Gasteiger partial charge in [0.2, 0.25) is 0 Å². The molecule has 29 heavy (non-hydrogen) atoms. The summed E-state index contributed by atoms with van der Waals surface area (Å²) in [5.74, 6) is 0.807. The van der Waals surface area contributed by atoms with E-state index in [0.29, 0.717) is 29.4 Å². The van der Waals surface area contributed by atoms with E-state index < -0.39 is 0 Å². The lowest BCUT2D eigenvalue weighted by Gasteiger charge is -2.34. The summed E-state index contributed by atoms with van der Waals surface area (Å²) in [5.41, 5.74) is 0.932. The maximum Gasteiger partial charge on any atom is 0.321 e. The Labute approximate surface area is 176 Å². The van der Waals surface area contributed by atoms with Gasteiger partial charge in [0.1, 0.15) is 5.76 Å². The molecule has 1 aromatic heterocycles. The molecule has 3 amide bonds. The predicted molar refractivity (Wildman–Crippen MR) is 113 cm³/mol. The van der Waals surface area contributed by atoms with Crippen LogP contribution in [0.1, 0.15) is 30.0 Å². The second-order valence-corrected chi connectivity index (χ2v) is 7.88. The van der Waals surface area contributed by atoms with Gasteiger partial charge in [-0.15, -0.1) is 0 Å². The number of halogens is 1. The zero-order valence-corrected chi connectivity index (χ0v) is 17.8. The fraction of sp³-hybridized carbons (Fsp3) is 0.429. The van der Waals surface area contributed by atoms with Crippen molar-refractivity contribution in [3.63, 3.8) is 0 Å². The predicted octanol–water partition coefficient (Wildman–Crippen LogP) is 3.76. The van der Waals surface area contributed by atoms with Crippen molar-refractivity contribution in [2.45, 2.75) is 26.4 Å². The largest absolute Gasteiger partial charge is 0.468 e. The molecule has 1 fully saturated rings. The Morgan fingerprint density at radius 1 is 1.21 bits per heavy atom. The van der Waals surface area contributed by atoms with Crippen LogP contribution in [0.5, 0.6) is 0 Å². The molecule has 3 rings (SSSR count). The number of carbonyl (C=O) groups is 2. The van der Waals surface area contributed by atoms with E-state index in [2.05, 4.69) is 10.2 Å². The van der Waals surface area contributed by atoms with Gasteiger partial charge in [0, 0.05) is 44.8 Å². The SMILES string of the molecule is CC(C)N(C)C(=O)c1ccc(Cl)c(NC(=O)N2CCN(Cc3ccco3)CC2)c1. The number of furan rings is 1. The smallest absolute Gasteiger partial charge is 0.321 e.